The fourth-order valence-electron chi connectivity index (χ4n) is 1.77. The van der Waals surface area contributed by atoms with Gasteiger partial charge in [0.05, 0.1) is 10.6 Å². The number of carboxylic acid groups (broad SMARTS) is 1. The first kappa shape index (κ1) is 17.9. The Kier molecular flexibility index (Phi) is 5.40. The van der Waals surface area contributed by atoms with Crippen molar-refractivity contribution >= 4 is 53.2 Å². The Morgan fingerprint density at radius 1 is 1.43 bits per heavy atom. The maximum atomic E-state index is 12.8. The molecular weight excluding hydrogens is 320 g/mol. The Balaban J connectivity index is 0.00000220. The number of halogens is 4. The van der Waals surface area contributed by atoms with E-state index in [1.54, 1.807) is 0 Å². The molecule has 3 nitrogen and oxygen atoms in total. The third kappa shape index (κ3) is 3.55. The summed E-state index contributed by atoms with van der Waals surface area (Å²) in [4.78, 5) is 10.9. The predicted octanol–water partition coefficient (Wildman–Crippen LogP) is 2.46. The van der Waals surface area contributed by atoms with Crippen LogP contribution < -0.4 is 4.74 Å². The number of ether oxygens (including phenoxy) is 1. The molecule has 1 N–H and O–H groups in total. The Labute approximate surface area is 145 Å². The topological polar surface area (TPSA) is 46.5 Å². The molecule has 0 saturated carbocycles. The molecule has 0 amide bonds. The Morgan fingerprint density at radius 2 is 2.05 bits per heavy atom. The molecule has 1 heterocycles. The van der Waals surface area contributed by atoms with E-state index in [0.29, 0.717) is 5.56 Å². The zero-order valence-corrected chi connectivity index (χ0v) is 10.4. The van der Waals surface area contributed by atoms with Gasteiger partial charge in [-0.15, -0.1) is 6.42 Å². The molecule has 1 aromatic rings. The van der Waals surface area contributed by atoms with E-state index >= 15 is 0 Å². The van der Waals surface area contributed by atoms with Crippen LogP contribution in [0.3, 0.4) is 0 Å². The van der Waals surface area contributed by atoms with Gasteiger partial charge in [-0.1, -0.05) is 17.5 Å². The molecule has 2 rings (SSSR count). The summed E-state index contributed by atoms with van der Waals surface area (Å²) in [5.41, 5.74) is -0.512. The third-order valence-corrected chi connectivity index (χ3v) is 2.89. The number of carboxylic acids is 1. The van der Waals surface area contributed by atoms with E-state index in [2.05, 4.69) is 5.92 Å². The molecule has 1 aliphatic rings. The Bertz CT molecular complexity index is 662. The van der Waals surface area contributed by atoms with Crippen molar-refractivity contribution in [3.63, 3.8) is 0 Å². The van der Waals surface area contributed by atoms with Crippen LogP contribution in [-0.2, 0) is 4.79 Å². The molecule has 0 bridgehead atoms. The molecule has 0 fully saturated rings. The first-order valence-corrected chi connectivity index (χ1v) is 5.60. The van der Waals surface area contributed by atoms with Gasteiger partial charge < -0.3 is 9.84 Å². The second-order valence-corrected chi connectivity index (χ2v) is 4.37. The maximum absolute atomic E-state index is 12.8. The predicted molar refractivity (Wildman–Crippen MR) is 72.6 cm³/mol. The van der Waals surface area contributed by atoms with Crippen LogP contribution in [0.15, 0.2) is 17.7 Å². The molecule has 8 heteroatoms. The van der Waals surface area contributed by atoms with E-state index in [1.165, 1.54) is 12.1 Å². The molecule has 0 saturated heterocycles. The molecule has 0 spiro atoms. The number of benzene rings is 1. The van der Waals surface area contributed by atoms with Gasteiger partial charge in [-0.2, -0.15) is 13.2 Å². The monoisotopic (exact) mass is 326 g/mol. The average Bonchev–Trinajstić information content (AvgIpc) is 2.35. The van der Waals surface area contributed by atoms with Crippen LogP contribution >= 0.6 is 11.6 Å². The zero-order valence-electron chi connectivity index (χ0n) is 9.66. The normalized spacial score (nSPS) is 16.7. The Hall–Kier alpha value is -1.13. The summed E-state index contributed by atoms with van der Waals surface area (Å²) in [6, 6.07) is 2.60. The second kappa shape index (κ2) is 6.32. The summed E-state index contributed by atoms with van der Waals surface area (Å²) >= 11 is 5.80. The minimum atomic E-state index is -4.87. The molecule has 1 unspecified atom stereocenters. The van der Waals surface area contributed by atoms with Crippen LogP contribution in [0.5, 0.6) is 5.75 Å². The number of hydrogen-bond donors (Lipinski definition) is 1. The standard InChI is InChI=1S/C13H6ClF3O3.Na.H/c1-2-6-3-7-5-8(12(18)19)11(13(15,16)17)20-10(7)9(14)4-6;;/h1,3-5,11H,(H,18,19);;. The minimum absolute atomic E-state index is 0. The quantitative estimate of drug-likeness (QED) is 0.637. The summed E-state index contributed by atoms with van der Waals surface area (Å²) in [6.45, 7) is 0. The molecule has 1 atom stereocenters. The number of terminal acetylenes is 1. The molecule has 106 valence electrons. The molecular formula is C13H7ClF3NaO3. The van der Waals surface area contributed by atoms with Gasteiger partial charge in [0, 0.05) is 11.1 Å². The van der Waals surface area contributed by atoms with E-state index in [0.717, 1.165) is 6.08 Å². The molecule has 21 heavy (non-hydrogen) atoms. The van der Waals surface area contributed by atoms with Crippen molar-refractivity contribution in [3.05, 3.63) is 33.9 Å². The summed E-state index contributed by atoms with van der Waals surface area (Å²) in [7, 11) is 0. The number of fused-ring (bicyclic) bond motifs is 1. The summed E-state index contributed by atoms with van der Waals surface area (Å²) in [5.74, 6) is 0.305. The van der Waals surface area contributed by atoms with Crippen LogP contribution in [0.1, 0.15) is 11.1 Å². The van der Waals surface area contributed by atoms with E-state index in [-0.39, 0.29) is 45.9 Å². The summed E-state index contributed by atoms with van der Waals surface area (Å²) in [6.07, 6.45) is -1.39. The second-order valence-electron chi connectivity index (χ2n) is 3.97. The van der Waals surface area contributed by atoms with Crippen molar-refractivity contribution in [2.24, 2.45) is 0 Å². The van der Waals surface area contributed by atoms with Gasteiger partial charge in [0.2, 0.25) is 6.10 Å². The van der Waals surface area contributed by atoms with Crippen LogP contribution in [-0.4, -0.2) is 52.9 Å². The van der Waals surface area contributed by atoms with Crippen LogP contribution in [0.4, 0.5) is 13.2 Å². The number of carbonyl (C=O) groups is 1. The summed E-state index contributed by atoms with van der Waals surface area (Å²) < 4.78 is 43.2. The number of hydrogen-bond acceptors (Lipinski definition) is 2. The fourth-order valence-corrected chi connectivity index (χ4v) is 2.04. The molecule has 0 aliphatic carbocycles. The van der Waals surface area contributed by atoms with Crippen LogP contribution in [0.25, 0.3) is 6.08 Å². The first-order chi connectivity index (χ1) is 9.24. The van der Waals surface area contributed by atoms with Gasteiger partial charge in [0.25, 0.3) is 0 Å². The van der Waals surface area contributed by atoms with Crippen LogP contribution in [0.2, 0.25) is 5.02 Å². The van der Waals surface area contributed by atoms with Crippen molar-refractivity contribution in [2.75, 3.05) is 0 Å². The number of alkyl halides is 3. The van der Waals surface area contributed by atoms with E-state index in [9.17, 15) is 18.0 Å². The fraction of sp³-hybridized carbons (Fsp3) is 0.154. The number of rotatable bonds is 1. The van der Waals surface area contributed by atoms with E-state index in [4.69, 9.17) is 27.9 Å². The third-order valence-electron chi connectivity index (χ3n) is 2.61. The van der Waals surface area contributed by atoms with Crippen molar-refractivity contribution < 1.29 is 27.8 Å². The van der Waals surface area contributed by atoms with Crippen molar-refractivity contribution in [2.45, 2.75) is 12.3 Å². The van der Waals surface area contributed by atoms with E-state index in [1.807, 2.05) is 0 Å². The molecule has 1 aromatic carbocycles. The van der Waals surface area contributed by atoms with Crippen molar-refractivity contribution in [1.29, 1.82) is 0 Å². The van der Waals surface area contributed by atoms with Crippen molar-refractivity contribution in [1.82, 2.24) is 0 Å². The van der Waals surface area contributed by atoms with Gasteiger partial charge in [-0.05, 0) is 18.2 Å². The van der Waals surface area contributed by atoms with E-state index < -0.39 is 23.8 Å². The first-order valence-electron chi connectivity index (χ1n) is 5.22. The molecule has 1 aliphatic heterocycles. The average molecular weight is 327 g/mol. The van der Waals surface area contributed by atoms with Gasteiger partial charge >= 0.3 is 41.7 Å². The number of aliphatic carboxylic acids is 1. The van der Waals surface area contributed by atoms with Gasteiger partial charge in [-0.3, -0.25) is 0 Å². The Morgan fingerprint density at radius 3 is 2.52 bits per heavy atom. The van der Waals surface area contributed by atoms with Gasteiger partial charge in [0.15, 0.2) is 0 Å². The van der Waals surface area contributed by atoms with Crippen LogP contribution in [0, 0.1) is 12.3 Å². The van der Waals surface area contributed by atoms with Gasteiger partial charge in [-0.25, -0.2) is 4.79 Å². The molecule has 0 aromatic heterocycles. The molecule has 0 radical (unpaired) electrons. The zero-order chi connectivity index (χ0) is 15.1. The van der Waals surface area contributed by atoms with Gasteiger partial charge in [0.1, 0.15) is 5.75 Å². The summed E-state index contributed by atoms with van der Waals surface area (Å²) in [5, 5.41) is 8.77. The van der Waals surface area contributed by atoms with Crippen molar-refractivity contribution in [3.8, 4) is 18.1 Å². The SMILES string of the molecule is C#Cc1cc(Cl)c2c(c1)C=C(C(=O)O)C(C(F)(F)F)O2.[NaH].